The third-order valence-corrected chi connectivity index (χ3v) is 14.5. The maximum atomic E-state index is 2.61. The second-order valence-electron chi connectivity index (χ2n) is 19.8. The van der Waals surface area contributed by atoms with Gasteiger partial charge >= 0.3 is 0 Å². The molecule has 0 atom stereocenters. The van der Waals surface area contributed by atoms with E-state index in [1.54, 1.807) is 0 Å². The number of hydrogen-bond acceptors (Lipinski definition) is 2. The van der Waals surface area contributed by atoms with E-state index in [0.29, 0.717) is 35.5 Å². The van der Waals surface area contributed by atoms with Gasteiger partial charge in [-0.2, -0.15) is 0 Å². The minimum absolute atomic E-state index is 0.0810. The van der Waals surface area contributed by atoms with Gasteiger partial charge in [-0.3, -0.25) is 0 Å². The van der Waals surface area contributed by atoms with Crippen LogP contribution in [-0.4, -0.2) is 13.4 Å². The molecule has 0 radical (unpaired) electrons. The van der Waals surface area contributed by atoms with Gasteiger partial charge in [0.25, 0.3) is 0 Å². The van der Waals surface area contributed by atoms with Crippen LogP contribution in [0.25, 0.3) is 0 Å². The third-order valence-electron chi connectivity index (χ3n) is 13.4. The molecule has 0 saturated carbocycles. The van der Waals surface area contributed by atoms with E-state index in [0.717, 1.165) is 0 Å². The summed E-state index contributed by atoms with van der Waals surface area (Å²) < 4.78 is 0. The third kappa shape index (κ3) is 7.40. The molecule has 0 fully saturated rings. The Hall–Kier alpha value is -4.40. The van der Waals surface area contributed by atoms with Gasteiger partial charge in [0.2, 0.25) is 13.4 Å². The number of fused-ring (bicyclic) bond motifs is 4. The van der Waals surface area contributed by atoms with Crippen molar-refractivity contribution >= 4 is 75.0 Å². The molecule has 8 rings (SSSR count). The molecule has 6 aromatic rings. The molecular formula is C56H65B2NS. The molecule has 60 heavy (non-hydrogen) atoms. The van der Waals surface area contributed by atoms with Gasteiger partial charge in [-0.1, -0.05) is 194 Å². The van der Waals surface area contributed by atoms with Crippen molar-refractivity contribution < 1.29 is 0 Å². The second kappa shape index (κ2) is 16.5. The van der Waals surface area contributed by atoms with Crippen LogP contribution >= 0.6 is 11.8 Å². The van der Waals surface area contributed by atoms with Crippen LogP contribution in [0, 0.1) is 13.8 Å². The molecule has 1 nitrogen and oxygen atoms in total. The number of rotatable bonds is 9. The topological polar surface area (TPSA) is 3.24 Å². The molecular weight excluding hydrogens is 740 g/mol. The maximum Gasteiger partial charge on any atom is 0.240 e. The summed E-state index contributed by atoms with van der Waals surface area (Å²) in [6.07, 6.45) is 0. The Morgan fingerprint density at radius 1 is 0.400 bits per heavy atom. The number of benzene rings is 6. The first kappa shape index (κ1) is 42.3. The van der Waals surface area contributed by atoms with Crippen molar-refractivity contribution in [2.24, 2.45) is 0 Å². The van der Waals surface area contributed by atoms with Gasteiger partial charge < -0.3 is 4.90 Å². The SMILES string of the molecule is Cc1ccc2c(c1)Sc1cc(C)ccc1N2c1ccc2c(c1)B(c1c(C(C)C)cc(C(C)C)cc1C(C)C)c1ccccc1B2c1c(C(C)C)cc(C(C)C)cc1C(C)C. The highest BCUT2D eigenvalue weighted by Gasteiger charge is 2.43. The molecule has 6 aromatic carbocycles. The van der Waals surface area contributed by atoms with E-state index in [-0.39, 0.29) is 13.4 Å². The van der Waals surface area contributed by atoms with Crippen LogP contribution in [0.3, 0.4) is 0 Å². The lowest BCUT2D eigenvalue weighted by Crippen LogP contribution is -2.76. The zero-order valence-corrected chi connectivity index (χ0v) is 39.6. The lowest BCUT2D eigenvalue weighted by atomic mass is 9.20. The number of hydrogen-bond donors (Lipinski definition) is 0. The Kier molecular flexibility index (Phi) is 11.6. The van der Waals surface area contributed by atoms with Crippen molar-refractivity contribution in [3.05, 3.63) is 148 Å². The van der Waals surface area contributed by atoms with Crippen molar-refractivity contribution in [3.63, 3.8) is 0 Å². The van der Waals surface area contributed by atoms with Crippen molar-refractivity contribution in [3.8, 4) is 0 Å². The van der Waals surface area contributed by atoms with E-state index in [1.165, 1.54) is 104 Å². The highest BCUT2D eigenvalue weighted by molar-refractivity contribution is 7.99. The first-order valence-electron chi connectivity index (χ1n) is 22.8. The molecule has 2 aliphatic rings. The fourth-order valence-corrected chi connectivity index (χ4v) is 11.5. The molecule has 0 aromatic heterocycles. The molecule has 2 aliphatic heterocycles. The molecule has 0 bridgehead atoms. The van der Waals surface area contributed by atoms with Gasteiger partial charge in [-0.25, -0.2) is 0 Å². The van der Waals surface area contributed by atoms with Crippen LogP contribution in [0.5, 0.6) is 0 Å². The van der Waals surface area contributed by atoms with Crippen molar-refractivity contribution in [1.29, 1.82) is 0 Å². The average molecular weight is 806 g/mol. The summed E-state index contributed by atoms with van der Waals surface area (Å²) in [5.74, 6) is 2.45. The molecule has 0 unspecified atom stereocenters. The molecule has 0 spiro atoms. The first-order valence-corrected chi connectivity index (χ1v) is 23.6. The Bertz CT molecular complexity index is 2480. The van der Waals surface area contributed by atoms with E-state index >= 15 is 0 Å². The van der Waals surface area contributed by atoms with Gasteiger partial charge in [0.1, 0.15) is 0 Å². The predicted octanol–water partition coefficient (Wildman–Crippen LogP) is 12.3. The van der Waals surface area contributed by atoms with Crippen molar-refractivity contribution in [1.82, 2.24) is 0 Å². The van der Waals surface area contributed by atoms with Crippen molar-refractivity contribution in [2.45, 2.75) is 142 Å². The van der Waals surface area contributed by atoms with Crippen LogP contribution in [0.1, 0.15) is 163 Å². The molecule has 0 saturated heterocycles. The summed E-state index contributed by atoms with van der Waals surface area (Å²) in [5.41, 5.74) is 24.0. The van der Waals surface area contributed by atoms with Crippen LogP contribution in [0.4, 0.5) is 17.1 Å². The van der Waals surface area contributed by atoms with E-state index in [1.807, 2.05) is 11.8 Å². The maximum absolute atomic E-state index is 2.61. The normalized spacial score (nSPS) is 13.6. The van der Waals surface area contributed by atoms with Crippen molar-refractivity contribution in [2.75, 3.05) is 4.90 Å². The van der Waals surface area contributed by atoms with Gasteiger partial charge in [0.15, 0.2) is 0 Å². The molecule has 0 amide bonds. The number of nitrogens with zero attached hydrogens (tertiary/aromatic N) is 1. The largest absolute Gasteiger partial charge is 0.308 e. The minimum Gasteiger partial charge on any atom is -0.308 e. The Labute approximate surface area is 368 Å². The predicted molar refractivity (Wildman–Crippen MR) is 268 cm³/mol. The Morgan fingerprint density at radius 2 is 0.783 bits per heavy atom. The summed E-state index contributed by atoms with van der Waals surface area (Å²) in [4.78, 5) is 5.18. The average Bonchev–Trinajstić information content (AvgIpc) is 3.20. The highest BCUT2D eigenvalue weighted by atomic mass is 32.2. The summed E-state index contributed by atoms with van der Waals surface area (Å²) in [6, 6.07) is 41.4. The van der Waals surface area contributed by atoms with E-state index in [2.05, 4.69) is 205 Å². The lowest BCUT2D eigenvalue weighted by molar-refractivity contribution is 0.812. The molecule has 306 valence electrons. The lowest BCUT2D eigenvalue weighted by Gasteiger charge is -2.39. The van der Waals surface area contributed by atoms with E-state index in [4.69, 9.17) is 0 Å². The van der Waals surface area contributed by atoms with Crippen LogP contribution in [0.15, 0.2) is 113 Å². The first-order chi connectivity index (χ1) is 28.5. The Balaban J connectivity index is 1.50. The van der Waals surface area contributed by atoms with Gasteiger partial charge in [-0.15, -0.1) is 0 Å². The Morgan fingerprint density at radius 3 is 1.17 bits per heavy atom. The van der Waals surface area contributed by atoms with E-state index in [9.17, 15) is 0 Å². The molecule has 0 N–H and O–H groups in total. The smallest absolute Gasteiger partial charge is 0.240 e. The molecule has 2 heterocycles. The van der Waals surface area contributed by atoms with Gasteiger partial charge in [-0.05, 0) is 130 Å². The quantitative estimate of drug-likeness (QED) is 0.134. The molecule has 0 aliphatic carbocycles. The number of aryl methyl sites for hydroxylation is 2. The fourth-order valence-electron chi connectivity index (χ4n) is 10.2. The summed E-state index contributed by atoms with van der Waals surface area (Å²) in [5, 5.41) is 0. The minimum atomic E-state index is 0.0810. The molecule has 4 heteroatoms. The van der Waals surface area contributed by atoms with Crippen LogP contribution in [0.2, 0.25) is 0 Å². The van der Waals surface area contributed by atoms with E-state index < -0.39 is 0 Å². The standard InChI is InChI=1S/C56H65B2NS/c1-32(2)40-27-43(34(5)6)55(44(28-40)35(7)8)57-47-17-15-16-18-48(47)58(56-45(36(9)10)29-41(33(3)4)30-46(56)37(11)12)50-31-42(21-22-49(50)57)59-51-23-19-38(13)25-53(51)60-54-26-39(14)20-24-52(54)59/h15-37H,1-14H3. The van der Waals surface area contributed by atoms with Crippen LogP contribution in [-0.2, 0) is 0 Å². The zero-order valence-electron chi connectivity index (χ0n) is 38.8. The highest BCUT2D eigenvalue weighted by Crippen LogP contribution is 2.51. The van der Waals surface area contributed by atoms with Gasteiger partial charge in [0, 0.05) is 15.5 Å². The zero-order chi connectivity index (χ0) is 42.9. The second-order valence-corrected chi connectivity index (χ2v) is 20.9. The summed E-state index contributed by atoms with van der Waals surface area (Å²) >= 11 is 1.91. The monoisotopic (exact) mass is 806 g/mol. The summed E-state index contributed by atoms with van der Waals surface area (Å²) in [7, 11) is 0. The summed E-state index contributed by atoms with van der Waals surface area (Å²) in [6.45, 7) is 33.3. The fraction of sp³-hybridized carbons (Fsp3) is 0.357. The van der Waals surface area contributed by atoms with Crippen LogP contribution < -0.4 is 37.7 Å². The van der Waals surface area contributed by atoms with Gasteiger partial charge in [0.05, 0.1) is 11.4 Å². The number of anilines is 3.